The van der Waals surface area contributed by atoms with Gasteiger partial charge in [-0.05, 0) is 44.4 Å². The van der Waals surface area contributed by atoms with E-state index in [0.717, 1.165) is 32.5 Å². The first kappa shape index (κ1) is 22.5. The van der Waals surface area contributed by atoms with Crippen LogP contribution >= 0.6 is 12.4 Å². The summed E-state index contributed by atoms with van der Waals surface area (Å²) in [6.45, 7) is 5.92. The minimum atomic E-state index is -0.124. The molecule has 0 saturated carbocycles. The third kappa shape index (κ3) is 6.09. The molecule has 3 rings (SSSR count). The number of nitrogens with one attached hydrogen (secondary N) is 2. The van der Waals surface area contributed by atoms with Crippen LogP contribution in [0, 0.1) is 0 Å². The average Bonchev–Trinajstić information content (AvgIpc) is 2.70. The fourth-order valence-electron chi connectivity index (χ4n) is 3.50. The summed E-state index contributed by atoms with van der Waals surface area (Å²) in [6, 6.07) is 5.27. The highest BCUT2D eigenvalue weighted by molar-refractivity contribution is 5.98. The van der Waals surface area contributed by atoms with Crippen molar-refractivity contribution in [3.05, 3.63) is 23.8 Å². The van der Waals surface area contributed by atoms with Crippen LogP contribution in [0.5, 0.6) is 5.75 Å². The van der Waals surface area contributed by atoms with Crippen molar-refractivity contribution >= 4 is 29.9 Å². The summed E-state index contributed by atoms with van der Waals surface area (Å²) < 4.78 is 11.0. The molecule has 1 aromatic rings. The van der Waals surface area contributed by atoms with E-state index < -0.39 is 0 Å². The number of halogens is 1. The van der Waals surface area contributed by atoms with Gasteiger partial charge in [0.2, 0.25) is 5.91 Å². The van der Waals surface area contributed by atoms with E-state index in [0.29, 0.717) is 43.2 Å². The second kappa shape index (κ2) is 11.2. The van der Waals surface area contributed by atoms with Gasteiger partial charge in [0.05, 0.1) is 25.5 Å². The van der Waals surface area contributed by atoms with Crippen LogP contribution in [0.4, 0.5) is 5.69 Å². The number of piperidine rings is 1. The van der Waals surface area contributed by atoms with Gasteiger partial charge >= 0.3 is 0 Å². The van der Waals surface area contributed by atoms with Gasteiger partial charge < -0.3 is 25.0 Å². The first-order chi connectivity index (χ1) is 13.2. The van der Waals surface area contributed by atoms with Gasteiger partial charge in [-0.25, -0.2) is 0 Å². The highest BCUT2D eigenvalue weighted by Gasteiger charge is 2.21. The highest BCUT2D eigenvalue weighted by Crippen LogP contribution is 2.27. The van der Waals surface area contributed by atoms with Crippen molar-refractivity contribution in [1.29, 1.82) is 0 Å². The Labute approximate surface area is 172 Å². The van der Waals surface area contributed by atoms with Crippen molar-refractivity contribution in [2.75, 3.05) is 44.8 Å². The molecule has 2 N–H and O–H groups in total. The quantitative estimate of drug-likeness (QED) is 0.751. The number of likely N-dealkylation sites (tertiary alicyclic amines) is 1. The molecule has 156 valence electrons. The lowest BCUT2D eigenvalue weighted by molar-refractivity contribution is -0.117. The standard InChI is InChI=1S/C20H29N3O4.ClH/c1-2-27-18-7-6-15(20(25)23-9-4-3-5-10-23)12-17(18)22-19(24)13-16-14-26-11-8-21-16;/h6-7,12,16,21H,2-5,8-11,13-14H2,1H3,(H,22,24);1H. The Morgan fingerprint density at radius 3 is 2.75 bits per heavy atom. The maximum atomic E-state index is 12.8. The molecule has 2 aliphatic heterocycles. The number of anilines is 1. The number of morpholine rings is 1. The number of benzene rings is 1. The molecular weight excluding hydrogens is 382 g/mol. The molecule has 1 unspecified atom stereocenters. The second-order valence-corrected chi connectivity index (χ2v) is 6.98. The molecule has 7 nitrogen and oxygen atoms in total. The molecule has 8 heteroatoms. The molecule has 2 aliphatic rings. The summed E-state index contributed by atoms with van der Waals surface area (Å²) in [5.41, 5.74) is 1.12. The maximum Gasteiger partial charge on any atom is 0.253 e. The van der Waals surface area contributed by atoms with Crippen LogP contribution < -0.4 is 15.4 Å². The van der Waals surface area contributed by atoms with E-state index in [1.165, 1.54) is 6.42 Å². The van der Waals surface area contributed by atoms with E-state index in [4.69, 9.17) is 9.47 Å². The summed E-state index contributed by atoms with van der Waals surface area (Å²) in [4.78, 5) is 27.1. The van der Waals surface area contributed by atoms with E-state index >= 15 is 0 Å². The Kier molecular flexibility index (Phi) is 9.02. The predicted octanol–water partition coefficient (Wildman–Crippen LogP) is 2.45. The van der Waals surface area contributed by atoms with Crippen LogP contribution in [0.2, 0.25) is 0 Å². The molecule has 28 heavy (non-hydrogen) atoms. The smallest absolute Gasteiger partial charge is 0.253 e. The van der Waals surface area contributed by atoms with Crippen molar-refractivity contribution in [1.82, 2.24) is 10.2 Å². The SMILES string of the molecule is CCOc1ccc(C(=O)N2CCCCC2)cc1NC(=O)CC1COCCN1.Cl. The van der Waals surface area contributed by atoms with E-state index in [1.54, 1.807) is 18.2 Å². The Bertz CT molecular complexity index is 659. The fourth-order valence-corrected chi connectivity index (χ4v) is 3.50. The third-order valence-corrected chi connectivity index (χ3v) is 4.87. The van der Waals surface area contributed by atoms with Crippen molar-refractivity contribution in [2.24, 2.45) is 0 Å². The number of hydrogen-bond donors (Lipinski definition) is 2. The number of nitrogens with zero attached hydrogens (tertiary/aromatic N) is 1. The summed E-state index contributed by atoms with van der Waals surface area (Å²) >= 11 is 0. The van der Waals surface area contributed by atoms with Gasteiger partial charge in [-0.2, -0.15) is 0 Å². The van der Waals surface area contributed by atoms with Gasteiger partial charge in [0, 0.05) is 37.7 Å². The number of rotatable bonds is 6. The first-order valence-electron chi connectivity index (χ1n) is 9.84. The molecule has 2 amide bonds. The molecule has 0 aromatic heterocycles. The topological polar surface area (TPSA) is 79.9 Å². The average molecular weight is 412 g/mol. The zero-order valence-corrected chi connectivity index (χ0v) is 17.2. The summed E-state index contributed by atoms with van der Waals surface area (Å²) in [7, 11) is 0. The van der Waals surface area contributed by atoms with E-state index in [2.05, 4.69) is 10.6 Å². The molecule has 1 atom stereocenters. The van der Waals surface area contributed by atoms with Gasteiger partial charge in [-0.15, -0.1) is 12.4 Å². The maximum absolute atomic E-state index is 12.8. The predicted molar refractivity (Wildman–Crippen MR) is 110 cm³/mol. The zero-order chi connectivity index (χ0) is 19.1. The highest BCUT2D eigenvalue weighted by atomic mass is 35.5. The van der Waals surface area contributed by atoms with Crippen molar-refractivity contribution in [3.8, 4) is 5.75 Å². The van der Waals surface area contributed by atoms with Gasteiger partial charge in [-0.1, -0.05) is 0 Å². The van der Waals surface area contributed by atoms with E-state index in [-0.39, 0.29) is 30.3 Å². The van der Waals surface area contributed by atoms with Crippen LogP contribution in [0.25, 0.3) is 0 Å². The van der Waals surface area contributed by atoms with E-state index in [1.807, 2.05) is 11.8 Å². The van der Waals surface area contributed by atoms with Crippen LogP contribution in [-0.4, -0.2) is 62.2 Å². The van der Waals surface area contributed by atoms with Crippen molar-refractivity contribution < 1.29 is 19.1 Å². The molecular formula is C20H30ClN3O4. The lowest BCUT2D eigenvalue weighted by Gasteiger charge is -2.27. The molecule has 1 aromatic carbocycles. The lowest BCUT2D eigenvalue weighted by Crippen LogP contribution is -2.43. The Morgan fingerprint density at radius 1 is 1.29 bits per heavy atom. The van der Waals surface area contributed by atoms with Crippen molar-refractivity contribution in [2.45, 2.75) is 38.6 Å². The first-order valence-corrected chi connectivity index (χ1v) is 9.84. The van der Waals surface area contributed by atoms with Gasteiger partial charge in [0.1, 0.15) is 5.75 Å². The molecule has 0 aliphatic carbocycles. The molecule has 0 spiro atoms. The monoisotopic (exact) mass is 411 g/mol. The molecule has 2 heterocycles. The van der Waals surface area contributed by atoms with Gasteiger partial charge in [-0.3, -0.25) is 9.59 Å². The van der Waals surface area contributed by atoms with Crippen molar-refractivity contribution in [3.63, 3.8) is 0 Å². The molecule has 2 fully saturated rings. The third-order valence-electron chi connectivity index (χ3n) is 4.87. The zero-order valence-electron chi connectivity index (χ0n) is 16.4. The Hall–Kier alpha value is -1.83. The second-order valence-electron chi connectivity index (χ2n) is 6.98. The number of ether oxygens (including phenoxy) is 2. The lowest BCUT2D eigenvalue weighted by atomic mass is 10.1. The molecule has 2 saturated heterocycles. The number of carbonyl (C=O) groups is 2. The fraction of sp³-hybridized carbons (Fsp3) is 0.600. The van der Waals surface area contributed by atoms with Crippen LogP contribution in [0.15, 0.2) is 18.2 Å². The number of amides is 2. The largest absolute Gasteiger partial charge is 0.492 e. The van der Waals surface area contributed by atoms with Crippen LogP contribution in [0.3, 0.4) is 0 Å². The Balaban J connectivity index is 0.00000280. The minimum absolute atomic E-state index is 0. The number of hydrogen-bond acceptors (Lipinski definition) is 5. The van der Waals surface area contributed by atoms with Gasteiger partial charge in [0.15, 0.2) is 0 Å². The van der Waals surface area contributed by atoms with Crippen LogP contribution in [0.1, 0.15) is 43.0 Å². The summed E-state index contributed by atoms with van der Waals surface area (Å²) in [5, 5.41) is 6.18. The summed E-state index contributed by atoms with van der Waals surface area (Å²) in [5.74, 6) is 0.464. The normalized spacial score (nSPS) is 19.5. The molecule has 0 radical (unpaired) electrons. The van der Waals surface area contributed by atoms with Crippen LogP contribution in [-0.2, 0) is 9.53 Å². The Morgan fingerprint density at radius 2 is 2.07 bits per heavy atom. The van der Waals surface area contributed by atoms with Gasteiger partial charge in [0.25, 0.3) is 5.91 Å². The number of carbonyl (C=O) groups excluding carboxylic acids is 2. The molecule has 0 bridgehead atoms. The summed E-state index contributed by atoms with van der Waals surface area (Å²) in [6.07, 6.45) is 3.58. The van der Waals surface area contributed by atoms with E-state index in [9.17, 15) is 9.59 Å². The minimum Gasteiger partial charge on any atom is -0.492 e.